The standard InChI is InChI=1S/C33H24Cl2N2O3S/c1-17-9-12-25-21(14-17)18(2)15-27-33(22-6-3-4-7-24(22)36-32(33)40)28(30(38)20-11-10-19(34)16-23(20)35)29(37(25)27)31(39)26-8-5-13-41-26/h3-16,27-29H,1-2H3,(H,36,40)/t27-,28-,29-,33-/m0/s1. The number of amides is 1. The van der Waals surface area contributed by atoms with Gasteiger partial charge in [-0.1, -0.05) is 65.2 Å². The quantitative estimate of drug-likeness (QED) is 0.245. The molecule has 1 saturated heterocycles. The van der Waals surface area contributed by atoms with E-state index in [2.05, 4.69) is 17.5 Å². The summed E-state index contributed by atoms with van der Waals surface area (Å²) in [7, 11) is 0. The molecule has 204 valence electrons. The third kappa shape index (κ3) is 3.64. The van der Waals surface area contributed by atoms with E-state index in [0.29, 0.717) is 21.2 Å². The number of allylic oxidation sites excluding steroid dienone is 1. The number of rotatable bonds is 4. The molecule has 1 aromatic heterocycles. The van der Waals surface area contributed by atoms with E-state index in [1.54, 1.807) is 18.2 Å². The minimum absolute atomic E-state index is 0.180. The summed E-state index contributed by atoms with van der Waals surface area (Å²) in [5.74, 6) is -1.97. The summed E-state index contributed by atoms with van der Waals surface area (Å²) in [5.41, 5.74) is 4.04. The van der Waals surface area contributed by atoms with Crippen molar-refractivity contribution in [1.82, 2.24) is 0 Å². The van der Waals surface area contributed by atoms with Gasteiger partial charge in [0.15, 0.2) is 11.6 Å². The maximum absolute atomic E-state index is 14.9. The van der Waals surface area contributed by atoms with Gasteiger partial charge in [-0.25, -0.2) is 0 Å². The Balaban J connectivity index is 1.57. The van der Waals surface area contributed by atoms with E-state index in [0.717, 1.165) is 22.4 Å². The highest BCUT2D eigenvalue weighted by atomic mass is 35.5. The fraction of sp³-hybridized carbons (Fsp3) is 0.182. The van der Waals surface area contributed by atoms with Crippen molar-refractivity contribution in [3.8, 4) is 0 Å². The first kappa shape index (κ1) is 26.2. The molecule has 5 nitrogen and oxygen atoms in total. The third-order valence-corrected chi connectivity index (χ3v) is 10.1. The molecule has 0 radical (unpaired) electrons. The molecule has 1 spiro atoms. The summed E-state index contributed by atoms with van der Waals surface area (Å²) in [5, 5.41) is 5.47. The van der Waals surface area contributed by atoms with Crippen molar-refractivity contribution in [3.05, 3.63) is 121 Å². The number of carbonyl (C=O) groups is 3. The maximum atomic E-state index is 14.9. The molecule has 3 aliphatic rings. The highest BCUT2D eigenvalue weighted by Gasteiger charge is 2.70. The molecule has 0 unspecified atom stereocenters. The predicted octanol–water partition coefficient (Wildman–Crippen LogP) is 7.61. The number of anilines is 2. The number of ketones is 2. The minimum atomic E-state index is -1.39. The highest BCUT2D eigenvalue weighted by Crippen LogP contribution is 2.59. The smallest absolute Gasteiger partial charge is 0.238 e. The Labute approximate surface area is 251 Å². The number of para-hydroxylation sites is 1. The summed E-state index contributed by atoms with van der Waals surface area (Å²) in [6.45, 7) is 4.04. The average Bonchev–Trinajstić information content (AvgIpc) is 3.65. The molecule has 1 N–H and O–H groups in total. The lowest BCUT2D eigenvalue weighted by Crippen LogP contribution is -2.51. The van der Waals surface area contributed by atoms with Crippen LogP contribution in [0.2, 0.25) is 10.0 Å². The van der Waals surface area contributed by atoms with Crippen molar-refractivity contribution in [1.29, 1.82) is 0 Å². The lowest BCUT2D eigenvalue weighted by molar-refractivity contribution is -0.121. The van der Waals surface area contributed by atoms with E-state index in [-0.39, 0.29) is 28.1 Å². The van der Waals surface area contributed by atoms with Gasteiger partial charge in [0.2, 0.25) is 5.91 Å². The van der Waals surface area contributed by atoms with E-state index >= 15 is 0 Å². The van der Waals surface area contributed by atoms with Gasteiger partial charge in [0.1, 0.15) is 11.5 Å². The molecule has 4 heterocycles. The molecule has 3 aliphatic heterocycles. The number of Topliss-reactive ketones (excluding diaryl/α,β-unsaturated/α-hetero) is 2. The van der Waals surface area contributed by atoms with Crippen molar-refractivity contribution < 1.29 is 14.4 Å². The van der Waals surface area contributed by atoms with E-state index < -0.39 is 23.4 Å². The summed E-state index contributed by atoms with van der Waals surface area (Å²) in [6, 6.07) is 20.3. The van der Waals surface area contributed by atoms with Gasteiger partial charge in [-0.15, -0.1) is 11.3 Å². The molecule has 4 aromatic rings. The number of fused-ring (bicyclic) bond motifs is 6. The van der Waals surface area contributed by atoms with Crippen LogP contribution in [-0.4, -0.2) is 29.6 Å². The second kappa shape index (κ2) is 9.41. The Hall–Kier alpha value is -3.71. The number of carbonyl (C=O) groups excluding carboxylic acids is 3. The molecule has 0 bridgehead atoms. The van der Waals surface area contributed by atoms with Crippen LogP contribution in [0.5, 0.6) is 0 Å². The zero-order valence-corrected chi connectivity index (χ0v) is 24.5. The molecule has 4 atom stereocenters. The fourth-order valence-corrected chi connectivity index (χ4v) is 8.17. The van der Waals surface area contributed by atoms with Crippen LogP contribution in [0, 0.1) is 12.8 Å². The minimum Gasteiger partial charge on any atom is -0.352 e. The summed E-state index contributed by atoms with van der Waals surface area (Å²) in [4.78, 5) is 46.4. The lowest BCUT2D eigenvalue weighted by atomic mass is 9.64. The zero-order valence-electron chi connectivity index (χ0n) is 22.2. The van der Waals surface area contributed by atoms with Crippen LogP contribution < -0.4 is 10.2 Å². The van der Waals surface area contributed by atoms with E-state index in [9.17, 15) is 14.4 Å². The SMILES string of the molecule is CC1=C[C@@H]2N(c3ccc(C)cc31)[C@H](C(=O)c1cccs1)[C@@H](C(=O)c1ccc(Cl)cc1Cl)[C@@]21C(=O)Nc2ccccc21. The monoisotopic (exact) mass is 598 g/mol. The number of aryl methyl sites for hydroxylation is 1. The molecule has 8 heteroatoms. The van der Waals surface area contributed by atoms with Crippen LogP contribution in [-0.2, 0) is 10.2 Å². The van der Waals surface area contributed by atoms with E-state index in [1.807, 2.05) is 66.6 Å². The number of thiophene rings is 1. The largest absolute Gasteiger partial charge is 0.352 e. The van der Waals surface area contributed by atoms with Gasteiger partial charge in [0, 0.05) is 27.5 Å². The average molecular weight is 600 g/mol. The molecule has 41 heavy (non-hydrogen) atoms. The topological polar surface area (TPSA) is 66.5 Å². The van der Waals surface area contributed by atoms with Crippen LogP contribution in [0.4, 0.5) is 11.4 Å². The van der Waals surface area contributed by atoms with Gasteiger partial charge in [0.05, 0.1) is 21.9 Å². The molecule has 0 saturated carbocycles. The second-order valence-electron chi connectivity index (χ2n) is 10.8. The number of hydrogen-bond donors (Lipinski definition) is 1. The Morgan fingerprint density at radius 2 is 1.76 bits per heavy atom. The van der Waals surface area contributed by atoms with Crippen LogP contribution in [0.3, 0.4) is 0 Å². The first-order valence-electron chi connectivity index (χ1n) is 13.3. The van der Waals surface area contributed by atoms with Gasteiger partial charge in [0.25, 0.3) is 0 Å². The molecule has 1 fully saturated rings. The molecule has 3 aromatic carbocycles. The molecule has 0 aliphatic carbocycles. The van der Waals surface area contributed by atoms with Crippen LogP contribution >= 0.6 is 34.5 Å². The first-order valence-corrected chi connectivity index (χ1v) is 14.9. The van der Waals surface area contributed by atoms with E-state index in [4.69, 9.17) is 23.2 Å². The normalized spacial score (nSPS) is 24.0. The Morgan fingerprint density at radius 1 is 0.951 bits per heavy atom. The predicted molar refractivity (Wildman–Crippen MR) is 165 cm³/mol. The van der Waals surface area contributed by atoms with Crippen molar-refractivity contribution in [2.45, 2.75) is 31.3 Å². The first-order chi connectivity index (χ1) is 19.7. The Morgan fingerprint density at radius 3 is 2.51 bits per heavy atom. The maximum Gasteiger partial charge on any atom is 0.238 e. The number of nitrogens with zero attached hydrogens (tertiary/aromatic N) is 1. The number of benzene rings is 3. The third-order valence-electron chi connectivity index (χ3n) is 8.64. The summed E-state index contributed by atoms with van der Waals surface area (Å²) in [6.07, 6.45) is 2.05. The van der Waals surface area contributed by atoms with Crippen LogP contribution in [0.25, 0.3) is 5.57 Å². The van der Waals surface area contributed by atoms with Crippen molar-refractivity contribution >= 4 is 69.0 Å². The van der Waals surface area contributed by atoms with Gasteiger partial charge < -0.3 is 10.2 Å². The Bertz CT molecular complexity index is 1810. The molecule has 7 rings (SSSR count). The number of nitrogens with one attached hydrogen (secondary N) is 1. The molecular formula is C33H24Cl2N2O3S. The van der Waals surface area contributed by atoms with Crippen molar-refractivity contribution in [2.24, 2.45) is 5.92 Å². The number of hydrogen-bond acceptors (Lipinski definition) is 5. The van der Waals surface area contributed by atoms with Crippen LogP contribution in [0.1, 0.15) is 43.6 Å². The second-order valence-corrected chi connectivity index (χ2v) is 12.6. The van der Waals surface area contributed by atoms with Crippen molar-refractivity contribution in [3.63, 3.8) is 0 Å². The molecule has 1 amide bonds. The van der Waals surface area contributed by atoms with Crippen molar-refractivity contribution in [2.75, 3.05) is 10.2 Å². The molecular weight excluding hydrogens is 575 g/mol. The highest BCUT2D eigenvalue weighted by molar-refractivity contribution is 7.12. The Kier molecular flexibility index (Phi) is 6.02. The number of halogens is 2. The van der Waals surface area contributed by atoms with Gasteiger partial charge in [-0.05, 0) is 72.8 Å². The summed E-state index contributed by atoms with van der Waals surface area (Å²) < 4.78 is 0. The zero-order chi connectivity index (χ0) is 28.6. The van der Waals surface area contributed by atoms with Gasteiger partial charge in [-0.3, -0.25) is 14.4 Å². The van der Waals surface area contributed by atoms with Crippen LogP contribution in [0.15, 0.2) is 84.3 Å². The lowest BCUT2D eigenvalue weighted by Gasteiger charge is -2.39. The van der Waals surface area contributed by atoms with E-state index in [1.165, 1.54) is 17.4 Å². The van der Waals surface area contributed by atoms with Gasteiger partial charge >= 0.3 is 0 Å². The summed E-state index contributed by atoms with van der Waals surface area (Å²) >= 11 is 14.1. The van der Waals surface area contributed by atoms with Gasteiger partial charge in [-0.2, -0.15) is 0 Å². The fourth-order valence-electron chi connectivity index (χ4n) is 6.97.